The predicted molar refractivity (Wildman–Crippen MR) is 126 cm³/mol. The number of nitrogens with zero attached hydrogens (tertiary/aromatic N) is 3. The maximum atomic E-state index is 13.4. The van der Waals surface area contributed by atoms with Gasteiger partial charge in [0.15, 0.2) is 0 Å². The molecule has 0 spiro atoms. The molecular weight excluding hydrogens is 459 g/mol. The number of morpholine rings is 1. The molecule has 0 radical (unpaired) electrons. The van der Waals surface area contributed by atoms with Crippen LogP contribution in [0.5, 0.6) is 0 Å². The number of aryl methyl sites for hydroxylation is 2. The fourth-order valence-electron chi connectivity index (χ4n) is 4.60. The minimum atomic E-state index is -4.53. The Hall–Kier alpha value is -3.33. The molecule has 1 atom stereocenters. The molecule has 4 rings (SSSR count). The van der Waals surface area contributed by atoms with E-state index in [9.17, 15) is 22.8 Å². The van der Waals surface area contributed by atoms with Crippen molar-refractivity contribution in [1.82, 2.24) is 14.4 Å². The van der Waals surface area contributed by atoms with Crippen LogP contribution in [-0.4, -0.2) is 66.1 Å². The van der Waals surface area contributed by atoms with Crippen LogP contribution >= 0.6 is 0 Å². The van der Waals surface area contributed by atoms with Crippen LogP contribution in [-0.2, 0) is 24.4 Å². The Labute approximate surface area is 201 Å². The molecule has 6 nitrogen and oxygen atoms in total. The Morgan fingerprint density at radius 1 is 1.11 bits per heavy atom. The van der Waals surface area contributed by atoms with Crippen LogP contribution in [0.1, 0.15) is 37.4 Å². The molecule has 2 heterocycles. The van der Waals surface area contributed by atoms with Crippen LogP contribution in [0.3, 0.4) is 0 Å². The Balaban J connectivity index is 1.66. The van der Waals surface area contributed by atoms with Gasteiger partial charge < -0.3 is 19.1 Å². The van der Waals surface area contributed by atoms with Crippen LogP contribution in [0.15, 0.2) is 42.6 Å². The van der Waals surface area contributed by atoms with Gasteiger partial charge in [-0.2, -0.15) is 13.2 Å². The van der Waals surface area contributed by atoms with Crippen molar-refractivity contribution in [3.63, 3.8) is 0 Å². The number of carbonyl (C=O) groups is 2. The van der Waals surface area contributed by atoms with E-state index in [2.05, 4.69) is 0 Å². The van der Waals surface area contributed by atoms with Crippen molar-refractivity contribution in [2.75, 3.05) is 33.9 Å². The fourth-order valence-corrected chi connectivity index (χ4v) is 4.60. The highest BCUT2D eigenvalue weighted by Crippen LogP contribution is 2.33. The first-order valence-electron chi connectivity index (χ1n) is 11.3. The van der Waals surface area contributed by atoms with E-state index < -0.39 is 17.6 Å². The summed E-state index contributed by atoms with van der Waals surface area (Å²) in [6.45, 7) is 2.26. The summed E-state index contributed by atoms with van der Waals surface area (Å²) in [7, 11) is 5.29. The van der Waals surface area contributed by atoms with Gasteiger partial charge in [-0.3, -0.25) is 9.59 Å². The number of alkyl halides is 3. The number of amides is 2. The van der Waals surface area contributed by atoms with Crippen LogP contribution < -0.4 is 0 Å². The van der Waals surface area contributed by atoms with Crippen molar-refractivity contribution in [3.8, 4) is 0 Å². The Morgan fingerprint density at radius 2 is 1.83 bits per heavy atom. The minimum absolute atomic E-state index is 0.00612. The van der Waals surface area contributed by atoms with Gasteiger partial charge in [0.2, 0.25) is 0 Å². The lowest BCUT2D eigenvalue weighted by Gasteiger charge is -2.36. The molecule has 1 aliphatic rings. The summed E-state index contributed by atoms with van der Waals surface area (Å²) in [5, 5.41) is 0.896. The molecule has 0 bridgehead atoms. The molecule has 0 saturated carbocycles. The fraction of sp³-hybridized carbons (Fsp3) is 0.385. The first-order valence-corrected chi connectivity index (χ1v) is 11.3. The number of rotatable bonds is 4. The van der Waals surface area contributed by atoms with E-state index in [1.807, 2.05) is 29.9 Å². The van der Waals surface area contributed by atoms with Crippen LogP contribution in [0.4, 0.5) is 13.2 Å². The van der Waals surface area contributed by atoms with Gasteiger partial charge in [-0.25, -0.2) is 0 Å². The normalized spacial score (nSPS) is 16.5. The van der Waals surface area contributed by atoms with E-state index in [0.717, 1.165) is 22.5 Å². The van der Waals surface area contributed by atoms with E-state index in [1.165, 1.54) is 24.0 Å². The van der Waals surface area contributed by atoms with Crippen LogP contribution in [0, 0.1) is 6.92 Å². The second kappa shape index (κ2) is 9.37. The molecule has 1 saturated heterocycles. The monoisotopic (exact) mass is 487 g/mol. The molecule has 1 fully saturated rings. The summed E-state index contributed by atoms with van der Waals surface area (Å²) in [6.07, 6.45) is -2.13. The average Bonchev–Trinajstić information content (AvgIpc) is 3.12. The number of benzene rings is 2. The largest absolute Gasteiger partial charge is 0.416 e. The standard InChI is InChI=1S/C26H28F3N3O3/c1-16-5-6-18(13-22(16)26(27,28)29)25(34)32-9-10-35-15-20(32)11-19-14-31(4)23-8-7-17(12-21(19)23)24(33)30(2)3/h5-8,12-14,20H,9-11,15H2,1-4H3/t20-/m0/s1. The van der Waals surface area contributed by atoms with Gasteiger partial charge in [-0.15, -0.1) is 0 Å². The molecule has 35 heavy (non-hydrogen) atoms. The molecule has 186 valence electrons. The quantitative estimate of drug-likeness (QED) is 0.552. The lowest BCUT2D eigenvalue weighted by molar-refractivity contribution is -0.138. The Kier molecular flexibility index (Phi) is 6.64. The van der Waals surface area contributed by atoms with Gasteiger partial charge in [0, 0.05) is 55.9 Å². The third-order valence-electron chi connectivity index (χ3n) is 6.46. The number of carbonyl (C=O) groups excluding carboxylic acids is 2. The lowest BCUT2D eigenvalue weighted by atomic mass is 9.99. The van der Waals surface area contributed by atoms with Crippen molar-refractivity contribution in [3.05, 3.63) is 70.4 Å². The van der Waals surface area contributed by atoms with Gasteiger partial charge in [0.25, 0.3) is 11.8 Å². The summed E-state index contributed by atoms with van der Waals surface area (Å²) in [4.78, 5) is 28.9. The molecule has 0 N–H and O–H groups in total. The second-order valence-electron chi connectivity index (χ2n) is 9.16. The van der Waals surface area contributed by atoms with Crippen molar-refractivity contribution >= 4 is 22.7 Å². The third kappa shape index (κ3) is 4.91. The van der Waals surface area contributed by atoms with E-state index in [-0.39, 0.29) is 36.2 Å². The van der Waals surface area contributed by atoms with E-state index >= 15 is 0 Å². The lowest BCUT2D eigenvalue weighted by Crippen LogP contribution is -2.49. The molecule has 3 aromatic rings. The summed E-state index contributed by atoms with van der Waals surface area (Å²) in [5.74, 6) is -0.563. The van der Waals surface area contributed by atoms with Crippen molar-refractivity contribution in [2.24, 2.45) is 7.05 Å². The topological polar surface area (TPSA) is 54.8 Å². The van der Waals surface area contributed by atoms with Crippen molar-refractivity contribution in [2.45, 2.75) is 25.6 Å². The number of hydrogen-bond donors (Lipinski definition) is 0. The molecule has 0 unspecified atom stereocenters. The van der Waals surface area contributed by atoms with Gasteiger partial charge >= 0.3 is 6.18 Å². The van der Waals surface area contributed by atoms with Gasteiger partial charge in [-0.1, -0.05) is 6.07 Å². The molecule has 1 aromatic heterocycles. The summed E-state index contributed by atoms with van der Waals surface area (Å²) >= 11 is 0. The minimum Gasteiger partial charge on any atom is -0.377 e. The molecule has 2 amide bonds. The molecule has 9 heteroatoms. The zero-order chi connectivity index (χ0) is 25.5. The predicted octanol–water partition coefficient (Wildman–Crippen LogP) is 4.29. The number of hydrogen-bond acceptors (Lipinski definition) is 3. The van der Waals surface area contributed by atoms with Crippen LogP contribution in [0.25, 0.3) is 10.9 Å². The first kappa shape index (κ1) is 24.8. The second-order valence-corrected chi connectivity index (χ2v) is 9.16. The average molecular weight is 488 g/mol. The van der Waals surface area contributed by atoms with E-state index in [1.54, 1.807) is 25.1 Å². The maximum absolute atomic E-state index is 13.4. The number of aromatic nitrogens is 1. The van der Waals surface area contributed by atoms with Gasteiger partial charge in [-0.05, 0) is 54.8 Å². The van der Waals surface area contributed by atoms with Gasteiger partial charge in [0.1, 0.15) is 0 Å². The summed E-state index contributed by atoms with van der Waals surface area (Å²) in [5.41, 5.74) is 1.71. The highest BCUT2D eigenvalue weighted by atomic mass is 19.4. The van der Waals surface area contributed by atoms with Gasteiger partial charge in [0.05, 0.1) is 24.8 Å². The SMILES string of the molecule is Cc1ccc(C(=O)N2CCOC[C@@H]2Cc2cn(C)c3ccc(C(=O)N(C)C)cc23)cc1C(F)(F)F. The first-order chi connectivity index (χ1) is 16.5. The van der Waals surface area contributed by atoms with E-state index in [4.69, 9.17) is 4.74 Å². The summed E-state index contributed by atoms with van der Waals surface area (Å²) in [6, 6.07) is 8.87. The Bertz CT molecular complexity index is 1280. The van der Waals surface area contributed by atoms with Crippen LogP contribution in [0.2, 0.25) is 0 Å². The number of halogens is 3. The number of fused-ring (bicyclic) bond motifs is 1. The third-order valence-corrected chi connectivity index (χ3v) is 6.46. The summed E-state index contributed by atoms with van der Waals surface area (Å²) < 4.78 is 47.8. The van der Waals surface area contributed by atoms with Crippen molar-refractivity contribution < 1.29 is 27.5 Å². The maximum Gasteiger partial charge on any atom is 0.416 e. The molecule has 1 aliphatic heterocycles. The smallest absolute Gasteiger partial charge is 0.377 e. The molecule has 2 aromatic carbocycles. The molecule has 0 aliphatic carbocycles. The van der Waals surface area contributed by atoms with E-state index in [0.29, 0.717) is 18.6 Å². The molecular formula is C26H28F3N3O3. The Morgan fingerprint density at radius 3 is 2.51 bits per heavy atom. The highest BCUT2D eigenvalue weighted by Gasteiger charge is 2.35. The highest BCUT2D eigenvalue weighted by molar-refractivity contribution is 5.99. The zero-order valence-electron chi connectivity index (χ0n) is 20.1. The van der Waals surface area contributed by atoms with Crippen molar-refractivity contribution in [1.29, 1.82) is 0 Å². The zero-order valence-corrected chi connectivity index (χ0v) is 20.1. The number of ether oxygens (including phenoxy) is 1.